The highest BCUT2D eigenvalue weighted by atomic mass is 35.5. The van der Waals surface area contributed by atoms with Gasteiger partial charge in [-0.3, -0.25) is 4.90 Å². The van der Waals surface area contributed by atoms with E-state index in [9.17, 15) is 0 Å². The van der Waals surface area contributed by atoms with Crippen molar-refractivity contribution in [3.8, 4) is 11.1 Å². The van der Waals surface area contributed by atoms with Crippen LogP contribution in [-0.2, 0) is 0 Å². The number of rotatable bonds is 4. The molecule has 4 heteroatoms. The Morgan fingerprint density at radius 1 is 0.870 bits per heavy atom. The van der Waals surface area contributed by atoms with Crippen molar-refractivity contribution in [1.29, 1.82) is 0 Å². The van der Waals surface area contributed by atoms with E-state index in [0.29, 0.717) is 6.04 Å². The largest absolute Gasteiger partial charge is 0.314 e. The van der Waals surface area contributed by atoms with Gasteiger partial charge in [-0.05, 0) is 16.7 Å². The third kappa shape index (κ3) is 4.82. The Morgan fingerprint density at radius 3 is 2.00 bits per heavy atom. The van der Waals surface area contributed by atoms with E-state index in [0.717, 1.165) is 26.2 Å². The van der Waals surface area contributed by atoms with Gasteiger partial charge in [0.1, 0.15) is 0 Å². The van der Waals surface area contributed by atoms with Crippen LogP contribution in [0.4, 0.5) is 0 Å². The molecule has 1 aliphatic rings. The summed E-state index contributed by atoms with van der Waals surface area (Å²) in [5, 5.41) is 3.40. The van der Waals surface area contributed by atoms with Gasteiger partial charge in [0, 0.05) is 26.2 Å². The van der Waals surface area contributed by atoms with Crippen molar-refractivity contribution in [2.45, 2.75) is 6.04 Å². The Labute approximate surface area is 151 Å². The molecular formula is C19H24Cl2N2. The fraction of sp³-hybridized carbons (Fsp3) is 0.263. The first-order valence-electron chi connectivity index (χ1n) is 7.61. The Balaban J connectivity index is 0.00000132. The summed E-state index contributed by atoms with van der Waals surface area (Å²) >= 11 is 0. The van der Waals surface area contributed by atoms with Gasteiger partial charge in [-0.2, -0.15) is 0 Å². The molecule has 2 nitrogen and oxygen atoms in total. The molecule has 3 rings (SSSR count). The van der Waals surface area contributed by atoms with E-state index in [1.807, 2.05) is 0 Å². The van der Waals surface area contributed by atoms with E-state index in [2.05, 4.69) is 77.5 Å². The molecule has 1 fully saturated rings. The molecule has 124 valence electrons. The van der Waals surface area contributed by atoms with Crippen LogP contribution in [-0.4, -0.2) is 31.1 Å². The van der Waals surface area contributed by atoms with Crippen molar-refractivity contribution < 1.29 is 0 Å². The van der Waals surface area contributed by atoms with Crippen LogP contribution in [0.25, 0.3) is 11.1 Å². The van der Waals surface area contributed by atoms with Gasteiger partial charge in [0.25, 0.3) is 0 Å². The number of piperazine rings is 1. The molecular weight excluding hydrogens is 327 g/mol. The van der Waals surface area contributed by atoms with E-state index < -0.39 is 0 Å². The molecule has 0 saturated carbocycles. The fourth-order valence-corrected chi connectivity index (χ4v) is 2.96. The number of halogens is 2. The summed E-state index contributed by atoms with van der Waals surface area (Å²) in [4.78, 5) is 2.49. The molecule has 1 atom stereocenters. The Morgan fingerprint density at radius 2 is 1.43 bits per heavy atom. The van der Waals surface area contributed by atoms with Gasteiger partial charge in [0.15, 0.2) is 0 Å². The Kier molecular flexibility index (Phi) is 8.35. The molecule has 1 N–H and O–H groups in total. The number of nitrogens with zero attached hydrogens (tertiary/aromatic N) is 1. The van der Waals surface area contributed by atoms with Crippen LogP contribution in [0.5, 0.6) is 0 Å². The maximum absolute atomic E-state index is 4.03. The summed E-state index contributed by atoms with van der Waals surface area (Å²) in [6.07, 6.45) is 2.06. The second-order valence-electron chi connectivity index (χ2n) is 5.45. The zero-order chi connectivity index (χ0) is 14.5. The van der Waals surface area contributed by atoms with Gasteiger partial charge in [-0.1, -0.05) is 60.7 Å². The molecule has 1 heterocycles. The van der Waals surface area contributed by atoms with Crippen LogP contribution < -0.4 is 5.32 Å². The Bertz CT molecular complexity index is 578. The summed E-state index contributed by atoms with van der Waals surface area (Å²) in [5.74, 6) is 0. The van der Waals surface area contributed by atoms with Crippen molar-refractivity contribution in [2.75, 3.05) is 26.2 Å². The van der Waals surface area contributed by atoms with Gasteiger partial charge in [-0.25, -0.2) is 0 Å². The minimum Gasteiger partial charge on any atom is -0.314 e. The number of nitrogens with one attached hydrogen (secondary N) is 1. The van der Waals surface area contributed by atoms with E-state index in [1.165, 1.54) is 16.7 Å². The maximum atomic E-state index is 4.03. The minimum absolute atomic E-state index is 0. The quantitative estimate of drug-likeness (QED) is 0.825. The smallest absolute Gasteiger partial charge is 0.0529 e. The highest BCUT2D eigenvalue weighted by Crippen LogP contribution is 2.25. The summed E-state index contributed by atoms with van der Waals surface area (Å²) in [7, 11) is 0. The topological polar surface area (TPSA) is 15.3 Å². The third-order valence-electron chi connectivity index (χ3n) is 4.13. The van der Waals surface area contributed by atoms with E-state index in [4.69, 9.17) is 0 Å². The van der Waals surface area contributed by atoms with Gasteiger partial charge in [-0.15, -0.1) is 31.4 Å². The summed E-state index contributed by atoms with van der Waals surface area (Å²) < 4.78 is 0. The molecule has 0 spiro atoms. The molecule has 2 aromatic rings. The van der Waals surface area contributed by atoms with Crippen LogP contribution in [0.1, 0.15) is 11.6 Å². The molecule has 0 aliphatic carbocycles. The average molecular weight is 351 g/mol. The monoisotopic (exact) mass is 350 g/mol. The lowest BCUT2D eigenvalue weighted by molar-refractivity contribution is 0.203. The molecule has 1 aliphatic heterocycles. The first-order chi connectivity index (χ1) is 10.4. The zero-order valence-electron chi connectivity index (χ0n) is 13.2. The average Bonchev–Trinajstić information content (AvgIpc) is 2.58. The molecule has 0 radical (unpaired) electrons. The molecule has 2 aromatic carbocycles. The molecule has 23 heavy (non-hydrogen) atoms. The summed E-state index contributed by atoms with van der Waals surface area (Å²) in [5.41, 5.74) is 3.86. The molecule has 0 aromatic heterocycles. The molecule has 1 saturated heterocycles. The lowest BCUT2D eigenvalue weighted by Crippen LogP contribution is -2.44. The SMILES string of the molecule is C=C[C@@H](c1ccc(-c2ccccc2)cc1)N1CCNCC1.Cl.Cl. The van der Waals surface area contributed by atoms with Crippen LogP contribution >= 0.6 is 24.8 Å². The van der Waals surface area contributed by atoms with Crippen molar-refractivity contribution in [2.24, 2.45) is 0 Å². The van der Waals surface area contributed by atoms with Gasteiger partial charge >= 0.3 is 0 Å². The predicted molar refractivity (Wildman–Crippen MR) is 104 cm³/mol. The summed E-state index contributed by atoms with van der Waals surface area (Å²) in [6.45, 7) is 8.32. The second kappa shape index (κ2) is 9.74. The minimum atomic E-state index is 0. The van der Waals surface area contributed by atoms with E-state index in [1.54, 1.807) is 0 Å². The van der Waals surface area contributed by atoms with Crippen molar-refractivity contribution >= 4 is 24.8 Å². The first-order valence-corrected chi connectivity index (χ1v) is 7.61. The van der Waals surface area contributed by atoms with Crippen LogP contribution in [0.3, 0.4) is 0 Å². The van der Waals surface area contributed by atoms with Crippen LogP contribution in [0.2, 0.25) is 0 Å². The number of hydrogen-bond acceptors (Lipinski definition) is 2. The van der Waals surface area contributed by atoms with Gasteiger partial charge in [0.05, 0.1) is 6.04 Å². The Hall–Kier alpha value is -1.32. The fourth-order valence-electron chi connectivity index (χ4n) is 2.96. The van der Waals surface area contributed by atoms with Gasteiger partial charge < -0.3 is 5.32 Å². The van der Waals surface area contributed by atoms with Crippen LogP contribution in [0, 0.1) is 0 Å². The number of benzene rings is 2. The van der Waals surface area contributed by atoms with Gasteiger partial charge in [0.2, 0.25) is 0 Å². The highest BCUT2D eigenvalue weighted by Gasteiger charge is 2.19. The normalized spacial score (nSPS) is 15.8. The lowest BCUT2D eigenvalue weighted by Gasteiger charge is -2.33. The zero-order valence-corrected chi connectivity index (χ0v) is 14.8. The second-order valence-corrected chi connectivity index (χ2v) is 5.45. The first kappa shape index (κ1) is 19.7. The van der Waals surface area contributed by atoms with Crippen molar-refractivity contribution in [3.63, 3.8) is 0 Å². The van der Waals surface area contributed by atoms with E-state index >= 15 is 0 Å². The van der Waals surface area contributed by atoms with Crippen molar-refractivity contribution in [1.82, 2.24) is 10.2 Å². The predicted octanol–water partition coefficient (Wildman–Crippen LogP) is 4.33. The van der Waals surface area contributed by atoms with Crippen molar-refractivity contribution in [3.05, 3.63) is 72.8 Å². The third-order valence-corrected chi connectivity index (χ3v) is 4.13. The highest BCUT2D eigenvalue weighted by molar-refractivity contribution is 5.85. The maximum Gasteiger partial charge on any atom is 0.0529 e. The van der Waals surface area contributed by atoms with E-state index in [-0.39, 0.29) is 24.8 Å². The molecule has 0 bridgehead atoms. The molecule has 0 amide bonds. The standard InChI is InChI=1S/C19H22N2.2ClH/c1-2-19(21-14-12-20-13-15-21)18-10-8-17(9-11-18)16-6-4-3-5-7-16;;/h2-11,19-20H,1,12-15H2;2*1H/t19-;;/m0../s1. The van der Waals surface area contributed by atoms with Crippen LogP contribution in [0.15, 0.2) is 67.3 Å². The lowest BCUT2D eigenvalue weighted by atomic mass is 9.99. The molecule has 0 unspecified atom stereocenters. The number of hydrogen-bond donors (Lipinski definition) is 1. The summed E-state index contributed by atoms with van der Waals surface area (Å²) in [6, 6.07) is 19.7.